The third kappa shape index (κ3) is 4.19. The molecule has 2 aromatic heterocycles. The van der Waals surface area contributed by atoms with Gasteiger partial charge < -0.3 is 11.1 Å². The van der Waals surface area contributed by atoms with Crippen molar-refractivity contribution < 1.29 is 0 Å². The average molecular weight is 345 g/mol. The fourth-order valence-corrected chi connectivity index (χ4v) is 3.86. The Kier molecular flexibility index (Phi) is 4.52. The Morgan fingerprint density at radius 3 is 2.70 bits per heavy atom. The number of nitrogen functional groups attached to an aromatic ring is 1. The molecule has 0 saturated carbocycles. The first-order valence-corrected chi connectivity index (χ1v) is 8.94. The number of nitrogens with two attached hydrogens (primary N) is 1. The quantitative estimate of drug-likeness (QED) is 0.751. The van der Waals surface area contributed by atoms with Gasteiger partial charge >= 0.3 is 0 Å². The van der Waals surface area contributed by atoms with E-state index in [9.17, 15) is 0 Å². The van der Waals surface area contributed by atoms with Crippen LogP contribution in [-0.2, 0) is 6.54 Å². The van der Waals surface area contributed by atoms with Crippen LogP contribution in [0.3, 0.4) is 0 Å². The number of nitrogens with zero attached hydrogens (tertiary/aromatic N) is 3. The molecule has 3 rings (SSSR count). The molecular formula is C16H19N5S2. The number of aromatic nitrogens is 3. The molecule has 0 unspecified atom stereocenters. The Morgan fingerprint density at radius 2 is 2.00 bits per heavy atom. The maximum absolute atomic E-state index is 5.68. The lowest BCUT2D eigenvalue weighted by Gasteiger charge is -2.20. The number of anilines is 1. The summed E-state index contributed by atoms with van der Waals surface area (Å²) in [5, 5.41) is 13.1. The molecule has 0 aliphatic carbocycles. The second-order valence-electron chi connectivity index (χ2n) is 6.24. The summed E-state index contributed by atoms with van der Waals surface area (Å²) < 4.78 is 0.841. The van der Waals surface area contributed by atoms with Gasteiger partial charge in [-0.2, -0.15) is 0 Å². The summed E-state index contributed by atoms with van der Waals surface area (Å²) in [5.41, 5.74) is 7.73. The van der Waals surface area contributed by atoms with Gasteiger partial charge in [-0.05, 0) is 32.9 Å². The molecule has 0 bridgehead atoms. The Morgan fingerprint density at radius 1 is 1.22 bits per heavy atom. The van der Waals surface area contributed by atoms with Gasteiger partial charge in [-0.1, -0.05) is 41.3 Å². The lowest BCUT2D eigenvalue weighted by atomic mass is 10.1. The summed E-state index contributed by atoms with van der Waals surface area (Å²) in [7, 11) is 0. The number of hydrogen-bond donors (Lipinski definition) is 2. The highest BCUT2D eigenvalue weighted by atomic mass is 32.2. The van der Waals surface area contributed by atoms with Gasteiger partial charge in [0.2, 0.25) is 5.13 Å². The lowest BCUT2D eigenvalue weighted by Crippen LogP contribution is -2.35. The second-order valence-corrected chi connectivity index (χ2v) is 8.54. The van der Waals surface area contributed by atoms with E-state index >= 15 is 0 Å². The van der Waals surface area contributed by atoms with Crippen molar-refractivity contribution in [3.05, 3.63) is 36.0 Å². The molecule has 1 aromatic carbocycles. The van der Waals surface area contributed by atoms with Crippen molar-refractivity contribution >= 4 is 39.1 Å². The van der Waals surface area contributed by atoms with Crippen LogP contribution < -0.4 is 11.1 Å². The normalized spacial score (nSPS) is 12.0. The van der Waals surface area contributed by atoms with Gasteiger partial charge in [0.05, 0.1) is 11.2 Å². The van der Waals surface area contributed by atoms with Gasteiger partial charge in [-0.15, -0.1) is 10.2 Å². The number of pyridine rings is 1. The molecule has 5 nitrogen and oxygen atoms in total. The largest absolute Gasteiger partial charge is 0.374 e. The minimum Gasteiger partial charge on any atom is -0.374 e. The lowest BCUT2D eigenvalue weighted by molar-refractivity contribution is 0.421. The van der Waals surface area contributed by atoms with Crippen molar-refractivity contribution in [2.24, 2.45) is 0 Å². The summed E-state index contributed by atoms with van der Waals surface area (Å²) in [5.74, 6) is 0. The predicted octanol–water partition coefficient (Wildman–Crippen LogP) is 3.71. The summed E-state index contributed by atoms with van der Waals surface area (Å²) in [6.45, 7) is 7.16. The van der Waals surface area contributed by atoms with Crippen LogP contribution >= 0.6 is 23.1 Å². The molecule has 0 saturated heterocycles. The highest BCUT2D eigenvalue weighted by molar-refractivity contribution is 8.01. The third-order valence-corrected chi connectivity index (χ3v) is 5.01. The maximum Gasteiger partial charge on any atom is 0.203 e. The van der Waals surface area contributed by atoms with Crippen molar-refractivity contribution in [3.63, 3.8) is 0 Å². The van der Waals surface area contributed by atoms with Crippen molar-refractivity contribution in [1.29, 1.82) is 0 Å². The topological polar surface area (TPSA) is 76.7 Å². The highest BCUT2D eigenvalue weighted by Gasteiger charge is 2.13. The Hall–Kier alpha value is -1.70. The van der Waals surface area contributed by atoms with Crippen LogP contribution in [0.5, 0.6) is 0 Å². The molecule has 23 heavy (non-hydrogen) atoms. The molecular weight excluding hydrogens is 326 g/mol. The van der Waals surface area contributed by atoms with E-state index in [0.29, 0.717) is 5.13 Å². The van der Waals surface area contributed by atoms with Crippen molar-refractivity contribution in [2.45, 2.75) is 42.1 Å². The average Bonchev–Trinajstić information content (AvgIpc) is 2.90. The zero-order valence-corrected chi connectivity index (χ0v) is 15.0. The van der Waals surface area contributed by atoms with E-state index in [4.69, 9.17) is 10.7 Å². The van der Waals surface area contributed by atoms with Gasteiger partial charge in [0.1, 0.15) is 0 Å². The summed E-state index contributed by atoms with van der Waals surface area (Å²) in [4.78, 5) is 5.88. The van der Waals surface area contributed by atoms with Crippen LogP contribution in [0.25, 0.3) is 10.9 Å². The standard InChI is InChI=1S/C16H19N5S2/c1-16(2,3)18-9-10-8-13(22-15-21-20-14(17)23-15)11-6-4-5-7-12(11)19-10/h4-8,18H,9H2,1-3H3,(H2,17,20). The molecule has 0 atom stereocenters. The Bertz CT molecular complexity index is 823. The van der Waals surface area contributed by atoms with Crippen LogP contribution in [0.4, 0.5) is 5.13 Å². The van der Waals surface area contributed by atoms with Crippen LogP contribution in [0, 0.1) is 0 Å². The number of para-hydroxylation sites is 1. The first kappa shape index (κ1) is 16.2. The number of hydrogen-bond acceptors (Lipinski definition) is 7. The van der Waals surface area contributed by atoms with Crippen LogP contribution in [0.2, 0.25) is 0 Å². The third-order valence-electron chi connectivity index (χ3n) is 3.15. The van der Waals surface area contributed by atoms with Gasteiger partial charge in [0.25, 0.3) is 0 Å². The number of fused-ring (bicyclic) bond motifs is 1. The van der Waals surface area contributed by atoms with E-state index in [2.05, 4.69) is 48.4 Å². The minimum atomic E-state index is 0.0499. The molecule has 0 radical (unpaired) electrons. The van der Waals surface area contributed by atoms with Gasteiger partial charge in [0.15, 0.2) is 4.34 Å². The Labute approximate surface area is 143 Å². The smallest absolute Gasteiger partial charge is 0.203 e. The van der Waals surface area contributed by atoms with E-state index < -0.39 is 0 Å². The van der Waals surface area contributed by atoms with Crippen molar-refractivity contribution in [3.8, 4) is 0 Å². The van der Waals surface area contributed by atoms with Crippen molar-refractivity contribution in [2.75, 3.05) is 5.73 Å². The molecule has 2 heterocycles. The molecule has 0 fully saturated rings. The second kappa shape index (κ2) is 6.43. The number of nitrogens with one attached hydrogen (secondary N) is 1. The molecule has 0 spiro atoms. The molecule has 3 N–H and O–H groups in total. The molecule has 0 aliphatic heterocycles. The maximum atomic E-state index is 5.68. The van der Waals surface area contributed by atoms with E-state index in [1.807, 2.05) is 18.2 Å². The predicted molar refractivity (Wildman–Crippen MR) is 96.8 cm³/mol. The summed E-state index contributed by atoms with van der Waals surface area (Å²) in [6, 6.07) is 10.3. The van der Waals surface area contributed by atoms with Gasteiger partial charge in [-0.25, -0.2) is 0 Å². The molecule has 0 amide bonds. The SMILES string of the molecule is CC(C)(C)NCc1cc(Sc2nnc(N)s2)c2ccccc2n1. The highest BCUT2D eigenvalue weighted by Crippen LogP contribution is 2.35. The zero-order valence-electron chi connectivity index (χ0n) is 13.3. The van der Waals surface area contributed by atoms with Gasteiger partial charge in [-0.3, -0.25) is 4.98 Å². The van der Waals surface area contributed by atoms with Gasteiger partial charge in [0, 0.05) is 22.4 Å². The van der Waals surface area contributed by atoms with Crippen molar-refractivity contribution in [1.82, 2.24) is 20.5 Å². The molecule has 7 heteroatoms. The van der Waals surface area contributed by atoms with Crippen LogP contribution in [-0.4, -0.2) is 20.7 Å². The van der Waals surface area contributed by atoms with E-state index in [1.54, 1.807) is 11.8 Å². The summed E-state index contributed by atoms with van der Waals surface area (Å²) in [6.07, 6.45) is 0. The molecule has 120 valence electrons. The molecule has 3 aromatic rings. The van der Waals surface area contributed by atoms with E-state index in [1.165, 1.54) is 11.3 Å². The minimum absolute atomic E-state index is 0.0499. The Balaban J connectivity index is 1.96. The van der Waals surface area contributed by atoms with Crippen LogP contribution in [0.1, 0.15) is 26.5 Å². The first-order valence-electron chi connectivity index (χ1n) is 7.31. The number of rotatable bonds is 4. The first-order chi connectivity index (χ1) is 10.9. The monoisotopic (exact) mass is 345 g/mol. The fraction of sp³-hybridized carbons (Fsp3) is 0.312. The summed E-state index contributed by atoms with van der Waals surface area (Å²) >= 11 is 2.98. The zero-order chi connectivity index (χ0) is 16.4. The fourth-order valence-electron chi connectivity index (χ4n) is 2.08. The van der Waals surface area contributed by atoms with Crippen LogP contribution in [0.15, 0.2) is 39.6 Å². The number of benzene rings is 1. The van der Waals surface area contributed by atoms with E-state index in [-0.39, 0.29) is 5.54 Å². The molecule has 0 aliphatic rings. The van der Waals surface area contributed by atoms with E-state index in [0.717, 1.165) is 32.4 Å².